The summed E-state index contributed by atoms with van der Waals surface area (Å²) < 4.78 is 6.17. The lowest BCUT2D eigenvalue weighted by Gasteiger charge is -2.46. The first-order chi connectivity index (χ1) is 9.42. The quantitative estimate of drug-likeness (QED) is 0.773. The average Bonchev–Trinajstić information content (AvgIpc) is 2.36. The number of aromatic hydroxyl groups is 1. The van der Waals surface area contributed by atoms with E-state index in [4.69, 9.17) is 4.74 Å². The summed E-state index contributed by atoms with van der Waals surface area (Å²) in [7, 11) is 0. The van der Waals surface area contributed by atoms with E-state index in [9.17, 15) is 10.2 Å². The predicted octanol–water partition coefficient (Wildman–Crippen LogP) is 3.28. The Labute approximate surface area is 119 Å². The van der Waals surface area contributed by atoms with Gasteiger partial charge in [-0.3, -0.25) is 0 Å². The largest absolute Gasteiger partial charge is 0.507 e. The standard InChI is InChI=1S/C17H22O3/c1-10-6-14(19)16-12-8-11(9-18)4-5-13(12)17(2,3)20-15(16)7-10/h6-8,12-13,18-19H,4-5,9H2,1-3H3. The van der Waals surface area contributed by atoms with Crippen LogP contribution in [0, 0.1) is 12.8 Å². The van der Waals surface area contributed by atoms with Crippen molar-refractivity contribution in [1.29, 1.82) is 0 Å². The smallest absolute Gasteiger partial charge is 0.127 e. The monoisotopic (exact) mass is 274 g/mol. The summed E-state index contributed by atoms with van der Waals surface area (Å²) in [6, 6.07) is 3.78. The van der Waals surface area contributed by atoms with Crippen molar-refractivity contribution in [2.75, 3.05) is 6.61 Å². The molecule has 2 N–H and O–H groups in total. The lowest BCUT2D eigenvalue weighted by molar-refractivity contribution is 0.0101. The second kappa shape index (κ2) is 4.52. The summed E-state index contributed by atoms with van der Waals surface area (Å²) in [6.45, 7) is 6.29. The Morgan fingerprint density at radius 1 is 1.35 bits per heavy atom. The van der Waals surface area contributed by atoms with Crippen molar-refractivity contribution in [3.05, 3.63) is 34.9 Å². The first kappa shape index (κ1) is 13.5. The molecule has 0 spiro atoms. The Morgan fingerprint density at radius 3 is 2.80 bits per heavy atom. The maximum Gasteiger partial charge on any atom is 0.127 e. The summed E-state index contributed by atoms with van der Waals surface area (Å²) in [5, 5.41) is 19.7. The van der Waals surface area contributed by atoms with Gasteiger partial charge >= 0.3 is 0 Å². The SMILES string of the molecule is Cc1cc(O)c2c(c1)OC(C)(C)C1CCC(CO)=CC21. The average molecular weight is 274 g/mol. The molecule has 1 heterocycles. The van der Waals surface area contributed by atoms with E-state index in [0.717, 1.165) is 35.3 Å². The fraction of sp³-hybridized carbons (Fsp3) is 0.529. The maximum absolute atomic E-state index is 10.3. The van der Waals surface area contributed by atoms with Crippen LogP contribution in [0.2, 0.25) is 0 Å². The zero-order valence-electron chi connectivity index (χ0n) is 12.3. The molecule has 1 aromatic rings. The summed E-state index contributed by atoms with van der Waals surface area (Å²) >= 11 is 0. The molecular weight excluding hydrogens is 252 g/mol. The lowest BCUT2D eigenvalue weighted by atomic mass is 9.68. The van der Waals surface area contributed by atoms with Crippen LogP contribution >= 0.6 is 0 Å². The number of hydrogen-bond acceptors (Lipinski definition) is 3. The predicted molar refractivity (Wildman–Crippen MR) is 78.2 cm³/mol. The van der Waals surface area contributed by atoms with Crippen LogP contribution in [0.15, 0.2) is 23.8 Å². The molecule has 20 heavy (non-hydrogen) atoms. The minimum atomic E-state index is -0.255. The van der Waals surface area contributed by atoms with Crippen LogP contribution in [0.25, 0.3) is 0 Å². The van der Waals surface area contributed by atoms with Crippen molar-refractivity contribution in [1.82, 2.24) is 0 Å². The van der Waals surface area contributed by atoms with Gasteiger partial charge < -0.3 is 14.9 Å². The van der Waals surface area contributed by atoms with Crippen molar-refractivity contribution < 1.29 is 14.9 Å². The van der Waals surface area contributed by atoms with E-state index in [-0.39, 0.29) is 18.1 Å². The number of allylic oxidation sites excluding steroid dienone is 1. The molecule has 3 heteroatoms. The number of phenols is 1. The number of hydrogen-bond donors (Lipinski definition) is 2. The summed E-state index contributed by atoms with van der Waals surface area (Å²) in [5.74, 6) is 1.55. The fourth-order valence-corrected chi connectivity index (χ4v) is 3.69. The zero-order chi connectivity index (χ0) is 14.5. The molecule has 3 nitrogen and oxygen atoms in total. The minimum absolute atomic E-state index is 0.104. The number of aliphatic hydroxyl groups is 1. The first-order valence-electron chi connectivity index (χ1n) is 7.25. The van der Waals surface area contributed by atoms with Crippen LogP contribution in [-0.2, 0) is 0 Å². The summed E-state index contributed by atoms with van der Waals surface area (Å²) in [4.78, 5) is 0. The molecule has 2 atom stereocenters. The van der Waals surface area contributed by atoms with Gasteiger partial charge in [-0.05, 0) is 56.9 Å². The Hall–Kier alpha value is -1.48. The van der Waals surface area contributed by atoms with Crippen molar-refractivity contribution in [3.63, 3.8) is 0 Å². The second-order valence-electron chi connectivity index (χ2n) is 6.56. The van der Waals surface area contributed by atoms with E-state index in [0.29, 0.717) is 11.7 Å². The molecule has 0 saturated heterocycles. The molecule has 0 bridgehead atoms. The zero-order valence-corrected chi connectivity index (χ0v) is 12.3. The van der Waals surface area contributed by atoms with Crippen LogP contribution in [0.4, 0.5) is 0 Å². The lowest BCUT2D eigenvalue weighted by Crippen LogP contribution is -2.45. The number of aryl methyl sites for hydroxylation is 1. The Balaban J connectivity index is 2.18. The van der Waals surface area contributed by atoms with Crippen molar-refractivity contribution in [2.24, 2.45) is 5.92 Å². The van der Waals surface area contributed by atoms with Gasteiger partial charge in [0.05, 0.1) is 6.61 Å². The topological polar surface area (TPSA) is 49.7 Å². The van der Waals surface area contributed by atoms with E-state index in [2.05, 4.69) is 19.9 Å². The molecule has 0 radical (unpaired) electrons. The van der Waals surface area contributed by atoms with Crippen molar-refractivity contribution in [2.45, 2.75) is 45.1 Å². The van der Waals surface area contributed by atoms with E-state index < -0.39 is 0 Å². The van der Waals surface area contributed by atoms with Crippen LogP contribution < -0.4 is 4.74 Å². The van der Waals surface area contributed by atoms with Crippen LogP contribution in [0.1, 0.15) is 43.7 Å². The molecule has 2 aliphatic rings. The van der Waals surface area contributed by atoms with Gasteiger partial charge in [-0.15, -0.1) is 0 Å². The molecule has 3 rings (SSSR count). The fourth-order valence-electron chi connectivity index (χ4n) is 3.69. The number of phenolic OH excluding ortho intramolecular Hbond substituents is 1. The van der Waals surface area contributed by atoms with E-state index in [1.54, 1.807) is 6.07 Å². The normalized spacial score (nSPS) is 27.1. The number of benzene rings is 1. The molecule has 2 unspecified atom stereocenters. The molecule has 1 aliphatic heterocycles. The highest BCUT2D eigenvalue weighted by Crippen LogP contribution is 2.53. The second-order valence-corrected chi connectivity index (χ2v) is 6.56. The molecule has 0 fully saturated rings. The van der Waals surface area contributed by atoms with Gasteiger partial charge in [-0.2, -0.15) is 0 Å². The van der Waals surface area contributed by atoms with Gasteiger partial charge in [-0.1, -0.05) is 6.08 Å². The third-order valence-electron chi connectivity index (χ3n) is 4.69. The highest BCUT2D eigenvalue weighted by molar-refractivity contribution is 5.53. The van der Waals surface area contributed by atoms with E-state index >= 15 is 0 Å². The highest BCUT2D eigenvalue weighted by atomic mass is 16.5. The van der Waals surface area contributed by atoms with Crippen molar-refractivity contribution >= 4 is 0 Å². The molecule has 1 aliphatic carbocycles. The van der Waals surface area contributed by atoms with Gasteiger partial charge in [0.15, 0.2) is 0 Å². The van der Waals surface area contributed by atoms with Crippen LogP contribution in [0.3, 0.4) is 0 Å². The van der Waals surface area contributed by atoms with Gasteiger partial charge in [0.2, 0.25) is 0 Å². The van der Waals surface area contributed by atoms with Gasteiger partial charge in [0.25, 0.3) is 0 Å². The van der Waals surface area contributed by atoms with Gasteiger partial charge in [0.1, 0.15) is 17.1 Å². The number of rotatable bonds is 1. The Morgan fingerprint density at radius 2 is 2.10 bits per heavy atom. The van der Waals surface area contributed by atoms with Crippen LogP contribution in [-0.4, -0.2) is 22.4 Å². The van der Waals surface area contributed by atoms with E-state index in [1.807, 2.05) is 13.0 Å². The summed E-state index contributed by atoms with van der Waals surface area (Å²) in [6.07, 6.45) is 4.02. The van der Waals surface area contributed by atoms with Crippen molar-refractivity contribution in [3.8, 4) is 11.5 Å². The molecule has 0 amide bonds. The number of fused-ring (bicyclic) bond motifs is 3. The highest BCUT2D eigenvalue weighted by Gasteiger charge is 2.45. The molecule has 108 valence electrons. The number of ether oxygens (including phenoxy) is 1. The van der Waals surface area contributed by atoms with E-state index in [1.165, 1.54) is 0 Å². The third kappa shape index (κ3) is 2.01. The molecule has 0 aromatic heterocycles. The minimum Gasteiger partial charge on any atom is -0.507 e. The first-order valence-corrected chi connectivity index (χ1v) is 7.25. The van der Waals surface area contributed by atoms with Crippen LogP contribution in [0.5, 0.6) is 11.5 Å². The third-order valence-corrected chi connectivity index (χ3v) is 4.69. The Bertz CT molecular complexity index is 572. The van der Waals surface area contributed by atoms with Gasteiger partial charge in [-0.25, -0.2) is 0 Å². The molecule has 0 saturated carbocycles. The molecular formula is C17H22O3. The molecule has 1 aromatic carbocycles. The number of aliphatic hydroxyl groups excluding tert-OH is 1. The van der Waals surface area contributed by atoms with Gasteiger partial charge in [0, 0.05) is 17.4 Å². The maximum atomic E-state index is 10.3. The summed E-state index contributed by atoms with van der Waals surface area (Å²) in [5.41, 5.74) is 2.69. The Kier molecular flexibility index (Phi) is 3.05.